The van der Waals surface area contributed by atoms with Crippen LogP contribution in [-0.4, -0.2) is 48.8 Å². The van der Waals surface area contributed by atoms with Crippen LogP contribution >= 0.6 is 0 Å². The number of hydrogen-bond acceptors (Lipinski definition) is 4. The van der Waals surface area contributed by atoms with E-state index in [4.69, 9.17) is 15.6 Å². The van der Waals surface area contributed by atoms with Crippen molar-refractivity contribution in [2.75, 3.05) is 19.8 Å². The second-order valence-corrected chi connectivity index (χ2v) is 4.26. The van der Waals surface area contributed by atoms with Crippen molar-refractivity contribution in [3.63, 3.8) is 0 Å². The maximum absolute atomic E-state index is 11.4. The summed E-state index contributed by atoms with van der Waals surface area (Å²) in [6.45, 7) is 3.34. The third-order valence-electron chi connectivity index (χ3n) is 2.46. The second kappa shape index (κ2) is 11.0. The van der Waals surface area contributed by atoms with Gasteiger partial charge in [-0.25, -0.2) is 9.59 Å². The van der Waals surface area contributed by atoms with Crippen molar-refractivity contribution in [3.05, 3.63) is 0 Å². The highest BCUT2D eigenvalue weighted by molar-refractivity contribution is 5.83. The molecule has 8 heteroatoms. The van der Waals surface area contributed by atoms with Gasteiger partial charge in [-0.1, -0.05) is 13.3 Å². The molecule has 0 aromatic carbocycles. The summed E-state index contributed by atoms with van der Waals surface area (Å²) in [5.74, 6) is -1.82. The molecule has 0 bridgehead atoms. The molecule has 0 aliphatic heterocycles. The molecule has 0 aromatic heterocycles. The average Bonchev–Trinajstić information content (AvgIpc) is 2.38. The van der Waals surface area contributed by atoms with E-state index in [9.17, 15) is 14.4 Å². The van der Waals surface area contributed by atoms with Crippen LogP contribution < -0.4 is 16.4 Å². The number of ether oxygens (including phenoxy) is 1. The smallest absolute Gasteiger partial charge is 0.326 e. The van der Waals surface area contributed by atoms with Crippen LogP contribution in [0.15, 0.2) is 0 Å². The number of unbranched alkanes of at least 4 members (excludes halogenated alkanes) is 1. The van der Waals surface area contributed by atoms with Gasteiger partial charge in [-0.15, -0.1) is 0 Å². The Kier molecular flexibility index (Phi) is 10.0. The molecule has 1 atom stereocenters. The molecule has 3 amide bonds. The van der Waals surface area contributed by atoms with E-state index in [1.54, 1.807) is 0 Å². The highest BCUT2D eigenvalue weighted by Crippen LogP contribution is 1.97. The molecule has 5 N–H and O–H groups in total. The molecule has 0 saturated heterocycles. The maximum atomic E-state index is 11.4. The first-order valence-electron chi connectivity index (χ1n) is 6.60. The van der Waals surface area contributed by atoms with Gasteiger partial charge in [-0.05, 0) is 12.8 Å². The summed E-state index contributed by atoms with van der Waals surface area (Å²) in [6, 6.07) is -1.75. The molecule has 0 heterocycles. The van der Waals surface area contributed by atoms with Gasteiger partial charge in [0.15, 0.2) is 0 Å². The van der Waals surface area contributed by atoms with Crippen molar-refractivity contribution < 1.29 is 24.2 Å². The van der Waals surface area contributed by atoms with Gasteiger partial charge in [0.05, 0.1) is 6.61 Å². The van der Waals surface area contributed by atoms with Crippen LogP contribution in [0.2, 0.25) is 0 Å². The van der Waals surface area contributed by atoms with Crippen LogP contribution in [0.1, 0.15) is 32.6 Å². The minimum Gasteiger partial charge on any atom is -0.480 e. The number of nitrogens with one attached hydrogen (secondary N) is 2. The van der Waals surface area contributed by atoms with E-state index in [0.717, 1.165) is 12.8 Å². The summed E-state index contributed by atoms with van der Waals surface area (Å²) in [7, 11) is 0. The van der Waals surface area contributed by atoms with Crippen molar-refractivity contribution in [1.29, 1.82) is 0 Å². The minimum absolute atomic E-state index is 0.0366. The van der Waals surface area contributed by atoms with Crippen molar-refractivity contribution in [2.45, 2.75) is 38.6 Å². The molecule has 0 fully saturated rings. The number of aliphatic carboxylic acids is 1. The quantitative estimate of drug-likeness (QED) is 0.392. The summed E-state index contributed by atoms with van der Waals surface area (Å²) in [4.78, 5) is 32.9. The SMILES string of the molecule is CCCCOCCNC(=O)NC(CCC(N)=O)C(=O)O. The number of carbonyl (C=O) groups is 3. The van der Waals surface area contributed by atoms with Crippen molar-refractivity contribution in [2.24, 2.45) is 5.73 Å². The molecule has 116 valence electrons. The van der Waals surface area contributed by atoms with E-state index in [1.807, 2.05) is 6.92 Å². The predicted molar refractivity (Wildman–Crippen MR) is 72.1 cm³/mol. The number of nitrogens with two attached hydrogens (primary N) is 1. The maximum Gasteiger partial charge on any atom is 0.326 e. The monoisotopic (exact) mass is 289 g/mol. The standard InChI is InChI=1S/C12H23N3O5/c1-2-3-7-20-8-6-14-12(19)15-9(11(17)18)4-5-10(13)16/h9H,2-8H2,1H3,(H2,13,16)(H,17,18)(H2,14,15,19). The van der Waals surface area contributed by atoms with Crippen molar-refractivity contribution >= 4 is 17.9 Å². The fourth-order valence-corrected chi connectivity index (χ4v) is 1.34. The van der Waals surface area contributed by atoms with Crippen LogP contribution in [-0.2, 0) is 14.3 Å². The first-order valence-corrected chi connectivity index (χ1v) is 6.60. The lowest BCUT2D eigenvalue weighted by molar-refractivity contribution is -0.139. The Morgan fingerprint density at radius 1 is 1.30 bits per heavy atom. The van der Waals surface area contributed by atoms with Gasteiger partial charge in [0.1, 0.15) is 6.04 Å². The van der Waals surface area contributed by atoms with Gasteiger partial charge in [0.2, 0.25) is 5.91 Å². The van der Waals surface area contributed by atoms with Gasteiger partial charge in [-0.3, -0.25) is 4.79 Å². The lowest BCUT2D eigenvalue weighted by Crippen LogP contribution is -2.47. The first kappa shape index (κ1) is 18.2. The number of hydrogen-bond donors (Lipinski definition) is 4. The van der Waals surface area contributed by atoms with Crippen LogP contribution in [0, 0.1) is 0 Å². The molecule has 0 aliphatic carbocycles. The Hall–Kier alpha value is -1.83. The van der Waals surface area contributed by atoms with Crippen LogP contribution in [0.3, 0.4) is 0 Å². The molecule has 0 aromatic rings. The largest absolute Gasteiger partial charge is 0.480 e. The van der Waals surface area contributed by atoms with Gasteiger partial charge >= 0.3 is 12.0 Å². The predicted octanol–water partition coefficient (Wildman–Crippen LogP) is -0.179. The summed E-state index contributed by atoms with van der Waals surface area (Å²) in [5.41, 5.74) is 4.93. The summed E-state index contributed by atoms with van der Waals surface area (Å²) < 4.78 is 5.24. The minimum atomic E-state index is -1.21. The number of carboxylic acids is 1. The van der Waals surface area contributed by atoms with Crippen molar-refractivity contribution in [3.8, 4) is 0 Å². The summed E-state index contributed by atoms with van der Waals surface area (Å²) >= 11 is 0. The Balaban J connectivity index is 3.84. The lowest BCUT2D eigenvalue weighted by atomic mass is 10.1. The highest BCUT2D eigenvalue weighted by atomic mass is 16.5. The topological polar surface area (TPSA) is 131 Å². The number of carbonyl (C=O) groups excluding carboxylic acids is 2. The van der Waals surface area contributed by atoms with E-state index >= 15 is 0 Å². The lowest BCUT2D eigenvalue weighted by Gasteiger charge is -2.14. The Bertz CT molecular complexity index is 322. The molecule has 8 nitrogen and oxygen atoms in total. The number of rotatable bonds is 11. The number of amides is 3. The van der Waals surface area contributed by atoms with Crippen LogP contribution in [0.5, 0.6) is 0 Å². The fourth-order valence-electron chi connectivity index (χ4n) is 1.34. The third kappa shape index (κ3) is 10.1. The third-order valence-corrected chi connectivity index (χ3v) is 2.46. The Morgan fingerprint density at radius 2 is 2.00 bits per heavy atom. The number of urea groups is 1. The first-order chi connectivity index (χ1) is 9.47. The molecule has 0 radical (unpaired) electrons. The van der Waals surface area contributed by atoms with Crippen molar-refractivity contribution in [1.82, 2.24) is 10.6 Å². The zero-order valence-electron chi connectivity index (χ0n) is 11.7. The summed E-state index contributed by atoms with van der Waals surface area (Å²) in [6.07, 6.45) is 1.86. The van der Waals surface area contributed by atoms with Crippen LogP contribution in [0.4, 0.5) is 4.79 Å². The normalized spacial score (nSPS) is 11.7. The zero-order chi connectivity index (χ0) is 15.4. The Labute approximate surface area is 118 Å². The van der Waals surface area contributed by atoms with E-state index < -0.39 is 23.9 Å². The van der Waals surface area contributed by atoms with Gasteiger partial charge in [0.25, 0.3) is 0 Å². The van der Waals surface area contributed by atoms with E-state index in [0.29, 0.717) is 13.2 Å². The van der Waals surface area contributed by atoms with E-state index in [2.05, 4.69) is 10.6 Å². The van der Waals surface area contributed by atoms with Gasteiger partial charge in [0, 0.05) is 19.6 Å². The number of carboxylic acid groups (broad SMARTS) is 1. The summed E-state index contributed by atoms with van der Waals surface area (Å²) in [5, 5.41) is 13.6. The molecule has 0 aliphatic rings. The molecule has 0 rings (SSSR count). The number of primary amides is 1. The molecular formula is C12H23N3O5. The van der Waals surface area contributed by atoms with Gasteiger partial charge in [-0.2, -0.15) is 0 Å². The molecule has 1 unspecified atom stereocenters. The second-order valence-electron chi connectivity index (χ2n) is 4.26. The molecule has 0 spiro atoms. The van der Waals surface area contributed by atoms with Crippen LogP contribution in [0.25, 0.3) is 0 Å². The molecular weight excluding hydrogens is 266 g/mol. The van der Waals surface area contributed by atoms with Gasteiger partial charge < -0.3 is 26.2 Å². The average molecular weight is 289 g/mol. The van der Waals surface area contributed by atoms with E-state index in [1.165, 1.54) is 0 Å². The molecule has 0 saturated carbocycles. The fraction of sp³-hybridized carbons (Fsp3) is 0.750. The zero-order valence-corrected chi connectivity index (χ0v) is 11.7. The molecule has 20 heavy (non-hydrogen) atoms. The van der Waals surface area contributed by atoms with E-state index in [-0.39, 0.29) is 19.4 Å². The highest BCUT2D eigenvalue weighted by Gasteiger charge is 2.20. The Morgan fingerprint density at radius 3 is 2.55 bits per heavy atom.